The van der Waals surface area contributed by atoms with Crippen molar-refractivity contribution in [2.75, 3.05) is 59.0 Å². The number of hydrogen-bond donors (Lipinski definition) is 2. The smallest absolute Gasteiger partial charge is 0.410 e. The molecule has 2 saturated heterocycles. The van der Waals surface area contributed by atoms with Gasteiger partial charge in [-0.1, -0.05) is 0 Å². The molecule has 0 aromatic carbocycles. The summed E-state index contributed by atoms with van der Waals surface area (Å²) < 4.78 is 11.0. The molecular formula is C23H45N5O3. The van der Waals surface area contributed by atoms with Gasteiger partial charge in [0.2, 0.25) is 0 Å². The van der Waals surface area contributed by atoms with Crippen LogP contribution < -0.4 is 10.6 Å². The van der Waals surface area contributed by atoms with E-state index in [2.05, 4.69) is 36.3 Å². The van der Waals surface area contributed by atoms with Crippen molar-refractivity contribution in [3.63, 3.8) is 0 Å². The molecule has 2 fully saturated rings. The molecule has 2 aliphatic heterocycles. The van der Waals surface area contributed by atoms with Gasteiger partial charge in [-0.3, -0.25) is 9.89 Å². The molecule has 2 rings (SSSR count). The number of guanidine groups is 1. The summed E-state index contributed by atoms with van der Waals surface area (Å²) >= 11 is 0. The third-order valence-electron chi connectivity index (χ3n) is 5.85. The lowest BCUT2D eigenvalue weighted by Crippen LogP contribution is -2.52. The van der Waals surface area contributed by atoms with Crippen LogP contribution in [0.5, 0.6) is 0 Å². The SMILES string of the molecule is CCNC(=NCC(C)(C)N1CCOCC1)NCCC1CCCN(C(=O)OC(C)(C)C)C1. The van der Waals surface area contributed by atoms with E-state index in [9.17, 15) is 4.79 Å². The van der Waals surface area contributed by atoms with E-state index < -0.39 is 5.60 Å². The lowest BCUT2D eigenvalue weighted by Gasteiger charge is -2.40. The number of nitrogens with zero attached hydrogens (tertiary/aromatic N) is 3. The Morgan fingerprint density at radius 3 is 2.48 bits per heavy atom. The number of ether oxygens (including phenoxy) is 2. The van der Waals surface area contributed by atoms with Gasteiger partial charge in [0, 0.05) is 44.8 Å². The molecule has 0 spiro atoms. The summed E-state index contributed by atoms with van der Waals surface area (Å²) in [5.41, 5.74) is -0.443. The molecule has 1 atom stereocenters. The van der Waals surface area contributed by atoms with E-state index in [0.717, 1.165) is 84.2 Å². The number of aliphatic imine (C=N–C) groups is 1. The number of hydrogen-bond acceptors (Lipinski definition) is 5. The molecule has 1 unspecified atom stereocenters. The Morgan fingerprint density at radius 1 is 1.13 bits per heavy atom. The average molecular weight is 440 g/mol. The zero-order chi connectivity index (χ0) is 22.9. The zero-order valence-corrected chi connectivity index (χ0v) is 20.6. The van der Waals surface area contributed by atoms with E-state index in [1.807, 2.05) is 25.7 Å². The Balaban J connectivity index is 1.80. The molecule has 0 saturated carbocycles. The second-order valence-electron chi connectivity index (χ2n) is 10.3. The number of piperidine rings is 1. The number of amides is 1. The number of rotatable bonds is 7. The lowest BCUT2D eigenvalue weighted by atomic mass is 9.95. The van der Waals surface area contributed by atoms with Gasteiger partial charge >= 0.3 is 6.09 Å². The van der Waals surface area contributed by atoms with Crippen molar-refractivity contribution in [2.45, 2.75) is 71.9 Å². The van der Waals surface area contributed by atoms with Crippen molar-refractivity contribution in [3.8, 4) is 0 Å². The molecule has 8 nitrogen and oxygen atoms in total. The van der Waals surface area contributed by atoms with E-state index in [4.69, 9.17) is 14.5 Å². The van der Waals surface area contributed by atoms with Crippen LogP contribution in [-0.2, 0) is 9.47 Å². The normalized spacial score (nSPS) is 21.7. The molecule has 0 aromatic rings. The van der Waals surface area contributed by atoms with Crippen LogP contribution in [0.2, 0.25) is 0 Å². The zero-order valence-electron chi connectivity index (χ0n) is 20.6. The minimum Gasteiger partial charge on any atom is -0.444 e. The largest absolute Gasteiger partial charge is 0.444 e. The molecular weight excluding hydrogens is 394 g/mol. The first-order valence-corrected chi connectivity index (χ1v) is 11.9. The highest BCUT2D eigenvalue weighted by Crippen LogP contribution is 2.21. The van der Waals surface area contributed by atoms with E-state index in [0.29, 0.717) is 5.92 Å². The molecule has 0 radical (unpaired) electrons. The predicted octanol–water partition coefficient (Wildman–Crippen LogP) is 2.69. The standard InChI is InChI=1S/C23H45N5O3/c1-7-24-20(26-18-23(5,6)28-13-15-30-16-14-28)25-11-10-19-9-8-12-27(17-19)21(29)31-22(2,3)4/h19H,7-18H2,1-6H3,(H2,24,25,26). The summed E-state index contributed by atoms with van der Waals surface area (Å²) in [5.74, 6) is 1.35. The minimum absolute atomic E-state index is 0.00339. The Labute approximate surface area is 189 Å². The van der Waals surface area contributed by atoms with Gasteiger partial charge in [0.15, 0.2) is 5.96 Å². The maximum Gasteiger partial charge on any atom is 0.410 e. The molecule has 2 aliphatic rings. The first kappa shape index (κ1) is 25.7. The van der Waals surface area contributed by atoms with Gasteiger partial charge in [0.25, 0.3) is 0 Å². The number of nitrogens with one attached hydrogen (secondary N) is 2. The highest BCUT2D eigenvalue weighted by atomic mass is 16.6. The second-order valence-corrected chi connectivity index (χ2v) is 10.3. The van der Waals surface area contributed by atoms with Crippen LogP contribution >= 0.6 is 0 Å². The van der Waals surface area contributed by atoms with E-state index >= 15 is 0 Å². The molecule has 2 N–H and O–H groups in total. The van der Waals surface area contributed by atoms with Crippen LogP contribution in [-0.4, -0.2) is 92.0 Å². The molecule has 1 amide bonds. The Hall–Kier alpha value is -1.54. The first-order valence-electron chi connectivity index (χ1n) is 11.9. The van der Waals surface area contributed by atoms with Crippen molar-refractivity contribution in [3.05, 3.63) is 0 Å². The summed E-state index contributed by atoms with van der Waals surface area (Å²) in [6.45, 7) is 19.8. The summed E-state index contributed by atoms with van der Waals surface area (Å²) in [6, 6.07) is 0. The van der Waals surface area contributed by atoms with Crippen molar-refractivity contribution in [1.82, 2.24) is 20.4 Å². The Kier molecular flexibility index (Phi) is 9.88. The predicted molar refractivity (Wildman–Crippen MR) is 126 cm³/mol. The Morgan fingerprint density at radius 2 is 1.84 bits per heavy atom. The lowest BCUT2D eigenvalue weighted by molar-refractivity contribution is -0.00683. The minimum atomic E-state index is -0.447. The molecule has 2 heterocycles. The summed E-state index contributed by atoms with van der Waals surface area (Å²) in [5, 5.41) is 6.85. The van der Waals surface area contributed by atoms with E-state index in [1.165, 1.54) is 0 Å². The van der Waals surface area contributed by atoms with Crippen molar-refractivity contribution >= 4 is 12.1 Å². The number of morpholine rings is 1. The average Bonchev–Trinajstić information content (AvgIpc) is 2.72. The Bertz CT molecular complexity index is 582. The van der Waals surface area contributed by atoms with Gasteiger partial charge in [-0.2, -0.15) is 0 Å². The van der Waals surface area contributed by atoms with Crippen molar-refractivity contribution < 1.29 is 14.3 Å². The van der Waals surface area contributed by atoms with Gasteiger partial charge in [0.1, 0.15) is 5.60 Å². The summed E-state index contributed by atoms with van der Waals surface area (Å²) in [4.78, 5) is 21.6. The number of carbonyl (C=O) groups is 1. The van der Waals surface area contributed by atoms with Crippen LogP contribution in [0.1, 0.15) is 60.8 Å². The molecule has 180 valence electrons. The molecule has 0 aromatic heterocycles. The van der Waals surface area contributed by atoms with Gasteiger partial charge in [-0.15, -0.1) is 0 Å². The van der Waals surface area contributed by atoms with E-state index in [-0.39, 0.29) is 11.6 Å². The van der Waals surface area contributed by atoms with Crippen molar-refractivity contribution in [2.24, 2.45) is 10.9 Å². The number of likely N-dealkylation sites (tertiary alicyclic amines) is 1. The highest BCUT2D eigenvalue weighted by Gasteiger charge is 2.29. The van der Waals surface area contributed by atoms with Crippen LogP contribution in [0.15, 0.2) is 4.99 Å². The highest BCUT2D eigenvalue weighted by molar-refractivity contribution is 5.79. The van der Waals surface area contributed by atoms with Gasteiger partial charge in [-0.05, 0) is 66.7 Å². The van der Waals surface area contributed by atoms with Crippen LogP contribution in [0.3, 0.4) is 0 Å². The van der Waals surface area contributed by atoms with Crippen LogP contribution in [0.4, 0.5) is 4.79 Å². The molecule has 8 heteroatoms. The number of carbonyl (C=O) groups excluding carboxylic acids is 1. The molecule has 0 aliphatic carbocycles. The molecule has 0 bridgehead atoms. The van der Waals surface area contributed by atoms with Gasteiger partial charge in [-0.25, -0.2) is 4.79 Å². The second kappa shape index (κ2) is 11.9. The first-order chi connectivity index (χ1) is 14.6. The molecule has 31 heavy (non-hydrogen) atoms. The van der Waals surface area contributed by atoms with Crippen molar-refractivity contribution in [1.29, 1.82) is 0 Å². The third-order valence-corrected chi connectivity index (χ3v) is 5.85. The fourth-order valence-electron chi connectivity index (χ4n) is 4.07. The fourth-order valence-corrected chi connectivity index (χ4v) is 4.07. The topological polar surface area (TPSA) is 78.4 Å². The van der Waals surface area contributed by atoms with Crippen LogP contribution in [0, 0.1) is 5.92 Å². The maximum absolute atomic E-state index is 12.4. The summed E-state index contributed by atoms with van der Waals surface area (Å²) in [6.07, 6.45) is 3.01. The van der Waals surface area contributed by atoms with Gasteiger partial charge < -0.3 is 25.0 Å². The maximum atomic E-state index is 12.4. The quantitative estimate of drug-likeness (QED) is 0.469. The monoisotopic (exact) mass is 439 g/mol. The van der Waals surface area contributed by atoms with E-state index in [1.54, 1.807) is 0 Å². The van der Waals surface area contributed by atoms with Crippen LogP contribution in [0.25, 0.3) is 0 Å². The van der Waals surface area contributed by atoms with Gasteiger partial charge in [0.05, 0.1) is 19.8 Å². The third kappa shape index (κ3) is 9.23. The summed E-state index contributed by atoms with van der Waals surface area (Å²) in [7, 11) is 0. The fraction of sp³-hybridized carbons (Fsp3) is 0.913.